The van der Waals surface area contributed by atoms with Crippen LogP contribution in [0.1, 0.15) is 26.3 Å². The van der Waals surface area contributed by atoms with Gasteiger partial charge in [-0.05, 0) is 26.8 Å². The third-order valence-corrected chi connectivity index (χ3v) is 2.16. The van der Waals surface area contributed by atoms with Crippen molar-refractivity contribution in [2.24, 2.45) is 0 Å². The summed E-state index contributed by atoms with van der Waals surface area (Å²) in [5.74, 6) is 0.0380. The van der Waals surface area contributed by atoms with Gasteiger partial charge in [-0.3, -0.25) is 0 Å². The van der Waals surface area contributed by atoms with E-state index in [1.165, 1.54) is 0 Å². The van der Waals surface area contributed by atoms with E-state index < -0.39 is 11.7 Å². The van der Waals surface area contributed by atoms with Crippen LogP contribution in [-0.2, 0) is 4.74 Å². The number of hydrogen-bond donors (Lipinski definition) is 3. The molecule has 4 N–H and O–H groups in total. The predicted octanol–water partition coefficient (Wildman–Crippen LogP) is 2.51. The van der Waals surface area contributed by atoms with E-state index in [-0.39, 0.29) is 5.75 Å². The predicted molar refractivity (Wildman–Crippen MR) is 75.8 cm³/mol. The number of nitrogens with one attached hydrogen (secondary N) is 1. The van der Waals surface area contributed by atoms with Gasteiger partial charge in [-0.25, -0.2) is 4.79 Å². The van der Waals surface area contributed by atoms with Crippen LogP contribution in [0.5, 0.6) is 5.75 Å². The van der Waals surface area contributed by atoms with Crippen LogP contribution in [0, 0.1) is 0 Å². The van der Waals surface area contributed by atoms with E-state index in [1.807, 2.05) is 0 Å². The van der Waals surface area contributed by atoms with E-state index in [4.69, 9.17) is 10.5 Å². The fourth-order valence-electron chi connectivity index (χ4n) is 1.36. The molecule has 1 aromatic carbocycles. The smallest absolute Gasteiger partial charge is 0.407 e. The quantitative estimate of drug-likeness (QED) is 0.578. The number of ether oxygens (including phenoxy) is 1. The minimum atomic E-state index is -0.514. The van der Waals surface area contributed by atoms with Gasteiger partial charge in [0.25, 0.3) is 0 Å². The number of phenols is 1. The number of alkyl carbamates (subject to hydrolysis) is 1. The zero-order valence-electron chi connectivity index (χ0n) is 11.4. The van der Waals surface area contributed by atoms with Gasteiger partial charge in [-0.1, -0.05) is 24.3 Å². The largest absolute Gasteiger partial charge is 0.505 e. The van der Waals surface area contributed by atoms with Gasteiger partial charge in [0.05, 0.1) is 5.69 Å². The third-order valence-electron chi connectivity index (χ3n) is 2.16. The van der Waals surface area contributed by atoms with Crippen molar-refractivity contribution >= 4 is 17.9 Å². The molecule has 0 saturated heterocycles. The van der Waals surface area contributed by atoms with Crippen LogP contribution >= 0.6 is 0 Å². The lowest BCUT2D eigenvalue weighted by molar-refractivity contribution is 0.0534. The fraction of sp³-hybridized carbons (Fsp3) is 0.357. The van der Waals surface area contributed by atoms with Crippen molar-refractivity contribution in [3.05, 3.63) is 29.8 Å². The maximum Gasteiger partial charge on any atom is 0.407 e. The molecular weight excluding hydrogens is 244 g/mol. The summed E-state index contributed by atoms with van der Waals surface area (Å²) >= 11 is 0. The van der Waals surface area contributed by atoms with Gasteiger partial charge >= 0.3 is 6.09 Å². The maximum atomic E-state index is 11.4. The number of phenolic OH excluding ortho intramolecular Hbond substituents is 1. The van der Waals surface area contributed by atoms with Crippen LogP contribution in [0.3, 0.4) is 0 Å². The number of carbonyl (C=O) groups is 1. The molecule has 0 spiro atoms. The molecule has 1 amide bonds. The minimum absolute atomic E-state index is 0.0380. The van der Waals surface area contributed by atoms with Gasteiger partial charge in [-0.2, -0.15) is 0 Å². The zero-order chi connectivity index (χ0) is 14.5. The molecule has 104 valence electrons. The van der Waals surface area contributed by atoms with Crippen molar-refractivity contribution in [1.82, 2.24) is 5.32 Å². The number of amides is 1. The highest BCUT2D eigenvalue weighted by Crippen LogP contribution is 2.25. The zero-order valence-corrected chi connectivity index (χ0v) is 11.4. The normalized spacial score (nSPS) is 11.5. The van der Waals surface area contributed by atoms with Gasteiger partial charge in [0.2, 0.25) is 0 Å². The van der Waals surface area contributed by atoms with E-state index in [1.54, 1.807) is 51.1 Å². The van der Waals surface area contributed by atoms with Crippen LogP contribution in [0.4, 0.5) is 10.5 Å². The van der Waals surface area contributed by atoms with E-state index in [0.717, 1.165) is 0 Å². The van der Waals surface area contributed by atoms with Gasteiger partial charge in [0.1, 0.15) is 11.4 Å². The summed E-state index contributed by atoms with van der Waals surface area (Å²) in [7, 11) is 0. The first-order valence-electron chi connectivity index (χ1n) is 6.00. The average Bonchev–Trinajstić information content (AvgIpc) is 2.27. The number of anilines is 1. The lowest BCUT2D eigenvalue weighted by atomic mass is 10.1. The first-order valence-corrected chi connectivity index (χ1v) is 6.00. The van der Waals surface area contributed by atoms with E-state index in [9.17, 15) is 9.90 Å². The van der Waals surface area contributed by atoms with Crippen LogP contribution in [0.2, 0.25) is 0 Å². The monoisotopic (exact) mass is 264 g/mol. The van der Waals surface area contributed by atoms with Crippen molar-refractivity contribution < 1.29 is 14.6 Å². The summed E-state index contributed by atoms with van der Waals surface area (Å²) in [5.41, 5.74) is 5.98. The van der Waals surface area contributed by atoms with E-state index in [2.05, 4.69) is 5.32 Å². The Kier molecular flexibility index (Phi) is 4.80. The van der Waals surface area contributed by atoms with Crippen molar-refractivity contribution in [3.63, 3.8) is 0 Å². The lowest BCUT2D eigenvalue weighted by Gasteiger charge is -2.19. The SMILES string of the molecule is CC(C)(C)OC(=O)NCC=Cc1cccc(N)c1O. The number of hydrogen-bond acceptors (Lipinski definition) is 4. The van der Waals surface area contributed by atoms with Gasteiger partial charge in [0, 0.05) is 12.1 Å². The Hall–Kier alpha value is -2.17. The van der Waals surface area contributed by atoms with Crippen LogP contribution in [-0.4, -0.2) is 23.3 Å². The number of carbonyl (C=O) groups excluding carboxylic acids is 1. The number of para-hydroxylation sites is 1. The molecule has 0 atom stereocenters. The molecule has 5 heteroatoms. The summed E-state index contributed by atoms with van der Waals surface area (Å²) < 4.78 is 5.08. The van der Waals surface area contributed by atoms with Crippen LogP contribution < -0.4 is 11.1 Å². The van der Waals surface area contributed by atoms with Crippen LogP contribution in [0.25, 0.3) is 6.08 Å². The second-order valence-corrected chi connectivity index (χ2v) is 5.07. The first kappa shape index (κ1) is 14.9. The van der Waals surface area contributed by atoms with E-state index >= 15 is 0 Å². The first-order chi connectivity index (χ1) is 8.79. The molecule has 0 aliphatic heterocycles. The molecule has 0 fully saturated rings. The molecule has 19 heavy (non-hydrogen) atoms. The van der Waals surface area contributed by atoms with Gasteiger partial charge < -0.3 is 20.9 Å². The molecule has 0 bridgehead atoms. The molecule has 0 aliphatic rings. The van der Waals surface area contributed by atoms with Gasteiger partial charge in [-0.15, -0.1) is 0 Å². The second-order valence-electron chi connectivity index (χ2n) is 5.07. The highest BCUT2D eigenvalue weighted by atomic mass is 16.6. The Labute approximate surface area is 113 Å². The highest BCUT2D eigenvalue weighted by molar-refractivity contribution is 5.69. The molecular formula is C14H20N2O3. The fourth-order valence-corrected chi connectivity index (χ4v) is 1.36. The Balaban J connectivity index is 2.47. The topological polar surface area (TPSA) is 84.6 Å². The number of rotatable bonds is 3. The molecule has 0 radical (unpaired) electrons. The Morgan fingerprint density at radius 2 is 2.16 bits per heavy atom. The molecule has 0 heterocycles. The van der Waals surface area contributed by atoms with Gasteiger partial charge in [0.15, 0.2) is 0 Å². The Bertz CT molecular complexity index is 476. The minimum Gasteiger partial charge on any atom is -0.505 e. The van der Waals surface area contributed by atoms with Crippen molar-refractivity contribution in [2.45, 2.75) is 26.4 Å². The van der Waals surface area contributed by atoms with Crippen molar-refractivity contribution in [1.29, 1.82) is 0 Å². The molecule has 0 unspecified atom stereocenters. The van der Waals surface area contributed by atoms with Crippen molar-refractivity contribution in [2.75, 3.05) is 12.3 Å². The van der Waals surface area contributed by atoms with E-state index in [0.29, 0.717) is 17.8 Å². The third kappa shape index (κ3) is 5.33. The molecule has 0 aliphatic carbocycles. The summed E-state index contributed by atoms with van der Waals surface area (Å²) in [4.78, 5) is 11.4. The summed E-state index contributed by atoms with van der Waals surface area (Å²) in [6.07, 6.45) is 2.91. The van der Waals surface area contributed by atoms with Crippen molar-refractivity contribution in [3.8, 4) is 5.75 Å². The average molecular weight is 264 g/mol. The molecule has 1 rings (SSSR count). The number of nitrogen functional groups attached to an aromatic ring is 1. The maximum absolute atomic E-state index is 11.4. The number of aromatic hydroxyl groups is 1. The standard InChI is InChI=1S/C14H20N2O3/c1-14(2,3)19-13(18)16-9-5-7-10-6-4-8-11(15)12(10)17/h4-8,17H,9,15H2,1-3H3,(H,16,18). The number of benzene rings is 1. The summed E-state index contributed by atoms with van der Waals surface area (Å²) in [6.45, 7) is 5.71. The number of nitrogens with two attached hydrogens (primary N) is 1. The summed E-state index contributed by atoms with van der Waals surface area (Å²) in [6, 6.07) is 5.09. The Morgan fingerprint density at radius 1 is 1.47 bits per heavy atom. The summed E-state index contributed by atoms with van der Waals surface area (Å²) in [5, 5.41) is 12.3. The lowest BCUT2D eigenvalue weighted by Crippen LogP contribution is -2.32. The van der Waals surface area contributed by atoms with Crippen LogP contribution in [0.15, 0.2) is 24.3 Å². The highest BCUT2D eigenvalue weighted by Gasteiger charge is 2.14. The molecule has 0 aromatic heterocycles. The molecule has 1 aromatic rings. The second kappa shape index (κ2) is 6.13. The molecule has 5 nitrogen and oxygen atoms in total. The molecule has 0 saturated carbocycles. The Morgan fingerprint density at radius 3 is 2.79 bits per heavy atom.